The third-order valence-corrected chi connectivity index (χ3v) is 1.95. The molecule has 1 N–H and O–H groups in total. The molecular formula is C10H17NO2. The van der Waals surface area contributed by atoms with Gasteiger partial charge in [-0.05, 0) is 25.1 Å². The van der Waals surface area contributed by atoms with E-state index >= 15 is 0 Å². The van der Waals surface area contributed by atoms with E-state index in [2.05, 4.69) is 12.2 Å². The standard InChI is InChI=1S/C10H17NO2/c1-3-11-9(6-8-12-2)10-5-4-7-13-10/h4-5,7,9,11H,3,6,8H2,1-2H3. The number of nitrogens with one attached hydrogen (secondary N) is 1. The van der Waals surface area contributed by atoms with Gasteiger partial charge in [0.25, 0.3) is 0 Å². The normalized spacial score (nSPS) is 13.1. The molecule has 13 heavy (non-hydrogen) atoms. The molecule has 1 heterocycles. The minimum Gasteiger partial charge on any atom is -0.468 e. The number of rotatable bonds is 6. The van der Waals surface area contributed by atoms with Gasteiger partial charge >= 0.3 is 0 Å². The van der Waals surface area contributed by atoms with Crippen molar-refractivity contribution in [1.29, 1.82) is 0 Å². The lowest BCUT2D eigenvalue weighted by molar-refractivity contribution is 0.179. The van der Waals surface area contributed by atoms with E-state index in [1.165, 1.54) is 0 Å². The summed E-state index contributed by atoms with van der Waals surface area (Å²) >= 11 is 0. The van der Waals surface area contributed by atoms with Gasteiger partial charge in [0.1, 0.15) is 5.76 Å². The van der Waals surface area contributed by atoms with Gasteiger partial charge in [0, 0.05) is 13.7 Å². The molecule has 0 saturated carbocycles. The second-order valence-electron chi connectivity index (χ2n) is 2.91. The molecule has 0 aliphatic carbocycles. The summed E-state index contributed by atoms with van der Waals surface area (Å²) in [5.41, 5.74) is 0. The summed E-state index contributed by atoms with van der Waals surface area (Å²) < 4.78 is 10.4. The summed E-state index contributed by atoms with van der Waals surface area (Å²) in [6.45, 7) is 3.77. The van der Waals surface area contributed by atoms with Gasteiger partial charge in [-0.25, -0.2) is 0 Å². The third-order valence-electron chi connectivity index (χ3n) is 1.95. The lowest BCUT2D eigenvalue weighted by atomic mass is 10.1. The van der Waals surface area contributed by atoms with Crippen molar-refractivity contribution >= 4 is 0 Å². The maximum absolute atomic E-state index is 5.33. The molecule has 1 aromatic rings. The van der Waals surface area contributed by atoms with Gasteiger partial charge in [-0.15, -0.1) is 0 Å². The van der Waals surface area contributed by atoms with Crippen LogP contribution < -0.4 is 5.32 Å². The molecule has 1 atom stereocenters. The Hall–Kier alpha value is -0.800. The summed E-state index contributed by atoms with van der Waals surface area (Å²) in [4.78, 5) is 0. The molecule has 0 saturated heterocycles. The van der Waals surface area contributed by atoms with Crippen LogP contribution in [0.2, 0.25) is 0 Å². The van der Waals surface area contributed by atoms with Crippen molar-refractivity contribution in [1.82, 2.24) is 5.32 Å². The summed E-state index contributed by atoms with van der Waals surface area (Å²) in [7, 11) is 1.71. The molecule has 0 aliphatic heterocycles. The lowest BCUT2D eigenvalue weighted by Crippen LogP contribution is -2.21. The maximum atomic E-state index is 5.33. The lowest BCUT2D eigenvalue weighted by Gasteiger charge is -2.14. The molecule has 0 radical (unpaired) electrons. The quantitative estimate of drug-likeness (QED) is 0.732. The van der Waals surface area contributed by atoms with E-state index in [1.807, 2.05) is 12.1 Å². The molecule has 3 heteroatoms. The van der Waals surface area contributed by atoms with Gasteiger partial charge in [-0.1, -0.05) is 6.92 Å². The van der Waals surface area contributed by atoms with Crippen molar-refractivity contribution in [3.05, 3.63) is 24.2 Å². The van der Waals surface area contributed by atoms with E-state index in [1.54, 1.807) is 13.4 Å². The second-order valence-corrected chi connectivity index (χ2v) is 2.91. The Labute approximate surface area is 79.1 Å². The Bertz CT molecular complexity index is 209. The van der Waals surface area contributed by atoms with Crippen LogP contribution in [0.1, 0.15) is 25.1 Å². The Morgan fingerprint density at radius 2 is 2.46 bits per heavy atom. The van der Waals surface area contributed by atoms with Gasteiger partial charge in [0.05, 0.1) is 12.3 Å². The van der Waals surface area contributed by atoms with Crippen molar-refractivity contribution in [3.8, 4) is 0 Å². The number of hydrogen-bond donors (Lipinski definition) is 1. The van der Waals surface area contributed by atoms with Gasteiger partial charge in [-0.2, -0.15) is 0 Å². The van der Waals surface area contributed by atoms with Crippen molar-refractivity contribution in [2.45, 2.75) is 19.4 Å². The molecule has 0 aliphatic rings. The Balaban J connectivity index is 2.47. The molecule has 74 valence electrons. The van der Waals surface area contributed by atoms with E-state index in [0.29, 0.717) is 0 Å². The fourth-order valence-electron chi connectivity index (χ4n) is 1.32. The molecule has 3 nitrogen and oxygen atoms in total. The zero-order valence-corrected chi connectivity index (χ0v) is 8.25. The van der Waals surface area contributed by atoms with E-state index < -0.39 is 0 Å². The molecule has 0 aromatic carbocycles. The highest BCUT2D eigenvalue weighted by atomic mass is 16.5. The highest BCUT2D eigenvalue weighted by molar-refractivity contribution is 5.04. The first-order valence-corrected chi connectivity index (χ1v) is 4.64. The number of ether oxygens (including phenoxy) is 1. The average Bonchev–Trinajstić information content (AvgIpc) is 2.65. The van der Waals surface area contributed by atoms with E-state index in [0.717, 1.165) is 25.3 Å². The highest BCUT2D eigenvalue weighted by Gasteiger charge is 2.11. The van der Waals surface area contributed by atoms with Crippen LogP contribution in [-0.4, -0.2) is 20.3 Å². The fraction of sp³-hybridized carbons (Fsp3) is 0.600. The van der Waals surface area contributed by atoms with Crippen LogP contribution >= 0.6 is 0 Å². The predicted molar refractivity (Wildman–Crippen MR) is 51.6 cm³/mol. The summed E-state index contributed by atoms with van der Waals surface area (Å²) in [6, 6.07) is 4.18. The van der Waals surface area contributed by atoms with Crippen molar-refractivity contribution < 1.29 is 9.15 Å². The topological polar surface area (TPSA) is 34.4 Å². The van der Waals surface area contributed by atoms with Crippen LogP contribution in [0.25, 0.3) is 0 Å². The van der Waals surface area contributed by atoms with E-state index in [9.17, 15) is 0 Å². The maximum Gasteiger partial charge on any atom is 0.120 e. The van der Waals surface area contributed by atoms with Crippen LogP contribution in [0, 0.1) is 0 Å². The van der Waals surface area contributed by atoms with Gasteiger partial charge in [0.2, 0.25) is 0 Å². The molecule has 1 unspecified atom stereocenters. The van der Waals surface area contributed by atoms with E-state index in [4.69, 9.17) is 9.15 Å². The minimum absolute atomic E-state index is 0.278. The van der Waals surface area contributed by atoms with E-state index in [-0.39, 0.29) is 6.04 Å². The monoisotopic (exact) mass is 183 g/mol. The third kappa shape index (κ3) is 3.20. The largest absolute Gasteiger partial charge is 0.468 e. The van der Waals surface area contributed by atoms with Crippen LogP contribution in [0.15, 0.2) is 22.8 Å². The smallest absolute Gasteiger partial charge is 0.120 e. The van der Waals surface area contributed by atoms with Crippen LogP contribution in [0.5, 0.6) is 0 Å². The molecule has 1 aromatic heterocycles. The zero-order chi connectivity index (χ0) is 9.52. The molecule has 1 rings (SSSR count). The molecule has 0 spiro atoms. The van der Waals surface area contributed by atoms with Crippen molar-refractivity contribution in [2.24, 2.45) is 0 Å². The molecule has 0 amide bonds. The Morgan fingerprint density at radius 1 is 1.62 bits per heavy atom. The van der Waals surface area contributed by atoms with Crippen LogP contribution in [-0.2, 0) is 4.74 Å². The molecule has 0 fully saturated rings. The number of furan rings is 1. The fourth-order valence-corrected chi connectivity index (χ4v) is 1.32. The Kier molecular flexibility index (Phi) is 4.57. The molecular weight excluding hydrogens is 166 g/mol. The number of hydrogen-bond acceptors (Lipinski definition) is 3. The van der Waals surface area contributed by atoms with Crippen LogP contribution in [0.4, 0.5) is 0 Å². The van der Waals surface area contributed by atoms with Crippen molar-refractivity contribution in [3.63, 3.8) is 0 Å². The SMILES string of the molecule is CCNC(CCOC)c1ccco1. The zero-order valence-electron chi connectivity index (χ0n) is 8.25. The minimum atomic E-state index is 0.278. The van der Waals surface area contributed by atoms with Gasteiger partial charge in [0.15, 0.2) is 0 Å². The van der Waals surface area contributed by atoms with Gasteiger partial charge in [-0.3, -0.25) is 0 Å². The number of methoxy groups -OCH3 is 1. The first-order valence-electron chi connectivity index (χ1n) is 4.64. The summed E-state index contributed by atoms with van der Waals surface area (Å²) in [6.07, 6.45) is 2.64. The van der Waals surface area contributed by atoms with Crippen LogP contribution in [0.3, 0.4) is 0 Å². The van der Waals surface area contributed by atoms with Crippen molar-refractivity contribution in [2.75, 3.05) is 20.3 Å². The predicted octanol–water partition coefficient (Wildman–Crippen LogP) is 1.97. The second kappa shape index (κ2) is 5.78. The summed E-state index contributed by atoms with van der Waals surface area (Å²) in [5.74, 6) is 0.985. The van der Waals surface area contributed by atoms with Gasteiger partial charge < -0.3 is 14.5 Å². The first-order chi connectivity index (χ1) is 6.38. The highest BCUT2D eigenvalue weighted by Crippen LogP contribution is 2.16. The first kappa shape index (κ1) is 10.3. The Morgan fingerprint density at radius 3 is 3.00 bits per heavy atom. The average molecular weight is 183 g/mol. The molecule has 0 bridgehead atoms. The summed E-state index contributed by atoms with van der Waals surface area (Å²) in [5, 5.41) is 3.35.